The van der Waals surface area contributed by atoms with Gasteiger partial charge in [0.15, 0.2) is 5.82 Å². The number of hydrogen-bond donors (Lipinski definition) is 1. The molecule has 0 atom stereocenters. The summed E-state index contributed by atoms with van der Waals surface area (Å²) < 4.78 is 0. The highest BCUT2D eigenvalue weighted by Crippen LogP contribution is 2.30. The molecule has 1 saturated carbocycles. The molecule has 1 N–H and O–H groups in total. The number of hydrogen-bond acceptors (Lipinski definition) is 4. The van der Waals surface area contributed by atoms with Crippen LogP contribution in [0.25, 0.3) is 11.4 Å². The van der Waals surface area contributed by atoms with E-state index in [0.717, 1.165) is 24.9 Å². The third-order valence-corrected chi connectivity index (χ3v) is 5.86. The topological polar surface area (TPSA) is 58.1 Å². The Hall–Kier alpha value is -2.27. The van der Waals surface area contributed by atoms with E-state index in [-0.39, 0.29) is 11.4 Å². The van der Waals surface area contributed by atoms with Crippen molar-refractivity contribution in [2.24, 2.45) is 0 Å². The summed E-state index contributed by atoms with van der Waals surface area (Å²) in [7, 11) is 0. The van der Waals surface area contributed by atoms with E-state index in [2.05, 4.69) is 20.2 Å². The fraction of sp³-hybridized carbons (Fsp3) is 0.500. The zero-order chi connectivity index (χ0) is 18.5. The first kappa shape index (κ1) is 18.1. The van der Waals surface area contributed by atoms with Gasteiger partial charge < -0.3 is 10.2 Å². The van der Waals surface area contributed by atoms with Gasteiger partial charge in [0.25, 0.3) is 5.91 Å². The number of carbonyl (C=O) groups excluding carboxylic acids is 1. The molecule has 1 amide bonds. The Kier molecular flexibility index (Phi) is 5.48. The molecule has 0 spiro atoms. The number of benzene rings is 1. The first-order valence-corrected chi connectivity index (χ1v) is 10.2. The molecule has 0 radical (unpaired) electrons. The predicted molar refractivity (Wildman–Crippen MR) is 106 cm³/mol. The molecule has 1 aliphatic heterocycles. The average Bonchev–Trinajstić information content (AvgIpc) is 3.22. The lowest BCUT2D eigenvalue weighted by Gasteiger charge is -2.41. The van der Waals surface area contributed by atoms with E-state index in [1.54, 1.807) is 18.5 Å². The van der Waals surface area contributed by atoms with Crippen molar-refractivity contribution in [2.45, 2.75) is 50.5 Å². The van der Waals surface area contributed by atoms with Gasteiger partial charge in [0.05, 0.1) is 5.54 Å². The molecule has 142 valence electrons. The van der Waals surface area contributed by atoms with E-state index in [4.69, 9.17) is 0 Å². The van der Waals surface area contributed by atoms with Gasteiger partial charge in [-0.1, -0.05) is 31.4 Å². The first-order chi connectivity index (χ1) is 13.2. The van der Waals surface area contributed by atoms with Crippen LogP contribution in [0, 0.1) is 0 Å². The number of amides is 1. The number of rotatable bonds is 5. The van der Waals surface area contributed by atoms with Crippen molar-refractivity contribution in [2.75, 3.05) is 19.6 Å². The number of nitrogens with zero attached hydrogens (tertiary/aromatic N) is 3. The molecule has 0 unspecified atom stereocenters. The number of likely N-dealkylation sites (tertiary alicyclic amines) is 1. The smallest absolute Gasteiger partial charge is 0.251 e. The van der Waals surface area contributed by atoms with Crippen molar-refractivity contribution in [3.05, 3.63) is 48.3 Å². The highest BCUT2D eigenvalue weighted by Gasteiger charge is 2.36. The summed E-state index contributed by atoms with van der Waals surface area (Å²) in [5.74, 6) is 0.672. The Bertz CT molecular complexity index is 765. The largest absolute Gasteiger partial charge is 0.345 e. The Morgan fingerprint density at radius 3 is 2.48 bits per heavy atom. The zero-order valence-corrected chi connectivity index (χ0v) is 15.9. The second kappa shape index (κ2) is 8.17. The molecule has 4 rings (SSSR count). The van der Waals surface area contributed by atoms with Crippen LogP contribution < -0.4 is 5.32 Å². The van der Waals surface area contributed by atoms with Gasteiger partial charge in [-0.05, 0) is 57.0 Å². The molecule has 1 aliphatic carbocycles. The standard InChI is InChI=1S/C22H28N4O/c27-21(19-9-6-8-18(16-19)20-23-12-7-13-24-20)25-22(10-2-1-3-11-22)17-26-14-4-5-15-26/h6-9,12-13,16H,1-5,10-11,14-15,17H2,(H,25,27). The maximum Gasteiger partial charge on any atom is 0.251 e. The number of nitrogens with one attached hydrogen (secondary N) is 1. The van der Waals surface area contributed by atoms with Crippen molar-refractivity contribution >= 4 is 5.91 Å². The van der Waals surface area contributed by atoms with Crippen molar-refractivity contribution < 1.29 is 4.79 Å². The minimum Gasteiger partial charge on any atom is -0.345 e. The third-order valence-electron chi connectivity index (χ3n) is 5.86. The summed E-state index contributed by atoms with van der Waals surface area (Å²) in [5.41, 5.74) is 1.48. The molecular formula is C22H28N4O. The number of aromatic nitrogens is 2. The Labute approximate surface area is 161 Å². The van der Waals surface area contributed by atoms with Gasteiger partial charge in [-0.2, -0.15) is 0 Å². The molecule has 2 aromatic rings. The molecule has 1 aromatic carbocycles. The van der Waals surface area contributed by atoms with Gasteiger partial charge in [0.2, 0.25) is 0 Å². The molecule has 1 aromatic heterocycles. The van der Waals surface area contributed by atoms with Gasteiger partial charge in [-0.3, -0.25) is 4.79 Å². The summed E-state index contributed by atoms with van der Waals surface area (Å²) in [6, 6.07) is 9.44. The van der Waals surface area contributed by atoms with Gasteiger partial charge in [0.1, 0.15) is 0 Å². The lowest BCUT2D eigenvalue weighted by molar-refractivity contribution is 0.0822. The van der Waals surface area contributed by atoms with Crippen LogP contribution in [0.2, 0.25) is 0 Å². The van der Waals surface area contributed by atoms with E-state index < -0.39 is 0 Å². The maximum atomic E-state index is 13.1. The molecule has 27 heavy (non-hydrogen) atoms. The quantitative estimate of drug-likeness (QED) is 0.879. The van der Waals surface area contributed by atoms with Crippen LogP contribution in [0.1, 0.15) is 55.3 Å². The average molecular weight is 364 g/mol. The predicted octanol–water partition coefficient (Wildman–Crippen LogP) is 3.67. The van der Waals surface area contributed by atoms with E-state index in [9.17, 15) is 4.79 Å². The third kappa shape index (κ3) is 4.35. The minimum absolute atomic E-state index is 0.0221. The molecule has 0 bridgehead atoms. The van der Waals surface area contributed by atoms with Gasteiger partial charge >= 0.3 is 0 Å². The van der Waals surface area contributed by atoms with Crippen LogP contribution >= 0.6 is 0 Å². The van der Waals surface area contributed by atoms with Crippen molar-refractivity contribution in [3.63, 3.8) is 0 Å². The fourth-order valence-electron chi connectivity index (χ4n) is 4.48. The molecule has 2 fully saturated rings. The summed E-state index contributed by atoms with van der Waals surface area (Å²) in [4.78, 5) is 24.2. The van der Waals surface area contributed by atoms with Gasteiger partial charge in [-0.15, -0.1) is 0 Å². The molecular weight excluding hydrogens is 336 g/mol. The van der Waals surface area contributed by atoms with Crippen LogP contribution in [0.15, 0.2) is 42.7 Å². The summed E-state index contributed by atoms with van der Waals surface area (Å²) in [5, 5.41) is 3.43. The summed E-state index contributed by atoms with van der Waals surface area (Å²) in [6.45, 7) is 3.32. The number of carbonyl (C=O) groups is 1. The van der Waals surface area contributed by atoms with Crippen LogP contribution in [0.5, 0.6) is 0 Å². The van der Waals surface area contributed by atoms with Crippen molar-refractivity contribution in [1.29, 1.82) is 0 Å². The Morgan fingerprint density at radius 2 is 1.74 bits per heavy atom. The Morgan fingerprint density at radius 1 is 1.00 bits per heavy atom. The van der Waals surface area contributed by atoms with Gasteiger partial charge in [0, 0.05) is 30.1 Å². The van der Waals surface area contributed by atoms with Crippen LogP contribution in [0.4, 0.5) is 0 Å². The van der Waals surface area contributed by atoms with E-state index in [1.807, 2.05) is 24.3 Å². The summed E-state index contributed by atoms with van der Waals surface area (Å²) >= 11 is 0. The SMILES string of the molecule is O=C(NC1(CN2CCCC2)CCCCC1)c1cccc(-c2ncccn2)c1. The molecule has 1 saturated heterocycles. The normalized spacial score (nSPS) is 19.7. The van der Waals surface area contributed by atoms with Crippen LogP contribution in [-0.2, 0) is 0 Å². The van der Waals surface area contributed by atoms with Crippen LogP contribution in [0.3, 0.4) is 0 Å². The fourth-order valence-corrected chi connectivity index (χ4v) is 4.48. The second-order valence-electron chi connectivity index (χ2n) is 7.93. The maximum absolute atomic E-state index is 13.1. The minimum atomic E-state index is -0.0844. The van der Waals surface area contributed by atoms with Crippen molar-refractivity contribution in [3.8, 4) is 11.4 Å². The molecule has 2 aliphatic rings. The van der Waals surface area contributed by atoms with E-state index >= 15 is 0 Å². The molecule has 2 heterocycles. The van der Waals surface area contributed by atoms with Gasteiger partial charge in [-0.25, -0.2) is 9.97 Å². The van der Waals surface area contributed by atoms with E-state index in [0.29, 0.717) is 11.4 Å². The zero-order valence-electron chi connectivity index (χ0n) is 15.9. The van der Waals surface area contributed by atoms with Crippen LogP contribution in [-0.4, -0.2) is 45.9 Å². The second-order valence-corrected chi connectivity index (χ2v) is 7.93. The molecule has 5 nitrogen and oxygen atoms in total. The molecule has 5 heteroatoms. The monoisotopic (exact) mass is 364 g/mol. The Balaban J connectivity index is 1.52. The first-order valence-electron chi connectivity index (χ1n) is 10.2. The van der Waals surface area contributed by atoms with E-state index in [1.165, 1.54) is 45.2 Å². The van der Waals surface area contributed by atoms with Crippen molar-refractivity contribution in [1.82, 2.24) is 20.2 Å². The highest BCUT2D eigenvalue weighted by atomic mass is 16.1. The summed E-state index contributed by atoms with van der Waals surface area (Å²) in [6.07, 6.45) is 11.8. The lowest BCUT2D eigenvalue weighted by Crippen LogP contribution is -2.56. The highest BCUT2D eigenvalue weighted by molar-refractivity contribution is 5.95. The lowest BCUT2D eigenvalue weighted by atomic mass is 9.81.